The zero-order chi connectivity index (χ0) is 12.3. The van der Waals surface area contributed by atoms with Crippen molar-refractivity contribution in [2.45, 2.75) is 25.8 Å². The summed E-state index contributed by atoms with van der Waals surface area (Å²) in [5.74, 6) is 0. The molecule has 2 heterocycles. The Hall–Kier alpha value is -1.13. The number of aryl methyl sites for hydroxylation is 3. The zero-order valence-corrected chi connectivity index (χ0v) is 11.4. The van der Waals surface area contributed by atoms with Gasteiger partial charge >= 0.3 is 0 Å². The maximum absolute atomic E-state index is 4.40. The standard InChI is InChI=1S/C13H19N3S/c1-10-12(9-16(3)15-10)13(14-2)7-6-11-5-4-8-17-11/h4-5,8-9,13-14H,6-7H2,1-3H3. The van der Waals surface area contributed by atoms with E-state index in [1.54, 1.807) is 0 Å². The van der Waals surface area contributed by atoms with Crippen molar-refractivity contribution in [3.63, 3.8) is 0 Å². The van der Waals surface area contributed by atoms with Crippen molar-refractivity contribution in [2.24, 2.45) is 7.05 Å². The van der Waals surface area contributed by atoms with Crippen molar-refractivity contribution in [3.8, 4) is 0 Å². The summed E-state index contributed by atoms with van der Waals surface area (Å²) in [4.78, 5) is 1.45. The number of rotatable bonds is 5. The van der Waals surface area contributed by atoms with E-state index in [4.69, 9.17) is 0 Å². The summed E-state index contributed by atoms with van der Waals surface area (Å²) in [6, 6.07) is 4.71. The molecule has 0 bridgehead atoms. The molecule has 0 aromatic carbocycles. The number of hydrogen-bond donors (Lipinski definition) is 1. The van der Waals surface area contributed by atoms with Crippen LogP contribution in [0.25, 0.3) is 0 Å². The quantitative estimate of drug-likeness (QED) is 0.883. The maximum atomic E-state index is 4.40. The molecule has 92 valence electrons. The highest BCUT2D eigenvalue weighted by Crippen LogP contribution is 2.22. The summed E-state index contributed by atoms with van der Waals surface area (Å²) in [5.41, 5.74) is 2.43. The number of nitrogens with zero attached hydrogens (tertiary/aromatic N) is 2. The molecule has 0 aliphatic rings. The highest BCUT2D eigenvalue weighted by Gasteiger charge is 2.14. The van der Waals surface area contributed by atoms with Gasteiger partial charge in [0, 0.05) is 29.7 Å². The van der Waals surface area contributed by atoms with Crippen molar-refractivity contribution in [1.29, 1.82) is 0 Å². The lowest BCUT2D eigenvalue weighted by molar-refractivity contribution is 0.548. The van der Waals surface area contributed by atoms with Crippen LogP contribution >= 0.6 is 11.3 Å². The molecule has 0 amide bonds. The number of thiophene rings is 1. The Bertz CT molecular complexity index is 459. The van der Waals surface area contributed by atoms with E-state index >= 15 is 0 Å². The molecule has 0 radical (unpaired) electrons. The van der Waals surface area contributed by atoms with Crippen molar-refractivity contribution >= 4 is 11.3 Å². The predicted octanol–water partition coefficient (Wildman–Crippen LogP) is 2.68. The Morgan fingerprint density at radius 2 is 2.35 bits per heavy atom. The molecule has 2 rings (SSSR count). The highest BCUT2D eigenvalue weighted by molar-refractivity contribution is 7.09. The lowest BCUT2D eigenvalue weighted by atomic mass is 10.0. The third-order valence-electron chi connectivity index (χ3n) is 3.03. The van der Waals surface area contributed by atoms with E-state index in [1.807, 2.05) is 30.1 Å². The molecule has 0 saturated carbocycles. The molecule has 1 atom stereocenters. The van der Waals surface area contributed by atoms with E-state index in [0.29, 0.717) is 6.04 Å². The molecule has 0 aliphatic heterocycles. The Morgan fingerprint density at radius 3 is 2.88 bits per heavy atom. The van der Waals surface area contributed by atoms with Crippen molar-refractivity contribution in [2.75, 3.05) is 7.05 Å². The van der Waals surface area contributed by atoms with Crippen LogP contribution in [0.15, 0.2) is 23.7 Å². The minimum absolute atomic E-state index is 0.394. The molecule has 0 spiro atoms. The van der Waals surface area contributed by atoms with Crippen LogP contribution in [0.4, 0.5) is 0 Å². The van der Waals surface area contributed by atoms with E-state index in [0.717, 1.165) is 18.5 Å². The van der Waals surface area contributed by atoms with Crippen LogP contribution in [0, 0.1) is 6.92 Å². The average Bonchev–Trinajstić information content (AvgIpc) is 2.90. The Balaban J connectivity index is 2.04. The van der Waals surface area contributed by atoms with Gasteiger partial charge in [0.2, 0.25) is 0 Å². The molecule has 4 heteroatoms. The smallest absolute Gasteiger partial charge is 0.0641 e. The fourth-order valence-electron chi connectivity index (χ4n) is 2.16. The van der Waals surface area contributed by atoms with Gasteiger partial charge in [0.25, 0.3) is 0 Å². The van der Waals surface area contributed by atoms with E-state index in [9.17, 15) is 0 Å². The minimum atomic E-state index is 0.394. The lowest BCUT2D eigenvalue weighted by Gasteiger charge is -2.14. The molecule has 0 saturated heterocycles. The van der Waals surface area contributed by atoms with Crippen molar-refractivity contribution in [3.05, 3.63) is 39.8 Å². The van der Waals surface area contributed by atoms with Crippen LogP contribution in [-0.4, -0.2) is 16.8 Å². The van der Waals surface area contributed by atoms with Crippen molar-refractivity contribution in [1.82, 2.24) is 15.1 Å². The number of hydrogen-bond acceptors (Lipinski definition) is 3. The summed E-state index contributed by atoms with van der Waals surface area (Å²) in [5, 5.41) is 9.93. The van der Waals surface area contributed by atoms with Crippen LogP contribution < -0.4 is 5.32 Å². The van der Waals surface area contributed by atoms with Gasteiger partial charge in [0.1, 0.15) is 0 Å². The molecule has 3 nitrogen and oxygen atoms in total. The number of nitrogens with one attached hydrogen (secondary N) is 1. The summed E-state index contributed by atoms with van der Waals surface area (Å²) in [7, 11) is 3.99. The second kappa shape index (κ2) is 5.47. The van der Waals surface area contributed by atoms with Crippen LogP contribution in [0.5, 0.6) is 0 Å². The van der Waals surface area contributed by atoms with Gasteiger partial charge < -0.3 is 5.32 Å². The van der Waals surface area contributed by atoms with Crippen LogP contribution in [-0.2, 0) is 13.5 Å². The van der Waals surface area contributed by atoms with Gasteiger partial charge in [-0.15, -0.1) is 11.3 Å². The first kappa shape index (κ1) is 12.3. The van der Waals surface area contributed by atoms with Crippen molar-refractivity contribution < 1.29 is 0 Å². The molecule has 2 aromatic rings. The third-order valence-corrected chi connectivity index (χ3v) is 3.97. The van der Waals surface area contributed by atoms with Crippen LogP contribution in [0.2, 0.25) is 0 Å². The first-order chi connectivity index (χ1) is 8.20. The number of aromatic nitrogens is 2. The lowest BCUT2D eigenvalue weighted by Crippen LogP contribution is -2.17. The average molecular weight is 249 g/mol. The SMILES string of the molecule is CNC(CCc1cccs1)c1cn(C)nc1C. The highest BCUT2D eigenvalue weighted by atomic mass is 32.1. The second-order valence-corrected chi connectivity index (χ2v) is 5.34. The minimum Gasteiger partial charge on any atom is -0.313 e. The Morgan fingerprint density at radius 1 is 1.53 bits per heavy atom. The van der Waals surface area contributed by atoms with Gasteiger partial charge in [-0.25, -0.2) is 0 Å². The molecule has 17 heavy (non-hydrogen) atoms. The monoisotopic (exact) mass is 249 g/mol. The second-order valence-electron chi connectivity index (χ2n) is 4.30. The Kier molecular flexibility index (Phi) is 3.97. The topological polar surface area (TPSA) is 29.9 Å². The molecule has 1 unspecified atom stereocenters. The largest absolute Gasteiger partial charge is 0.313 e. The molecular formula is C13H19N3S. The summed E-state index contributed by atoms with van der Waals surface area (Å²) < 4.78 is 1.89. The normalized spacial score (nSPS) is 12.9. The molecule has 2 aromatic heterocycles. The fraction of sp³-hybridized carbons (Fsp3) is 0.462. The third kappa shape index (κ3) is 2.96. The van der Waals surface area contributed by atoms with Crippen LogP contribution in [0.3, 0.4) is 0 Å². The molecule has 1 N–H and O–H groups in total. The van der Waals surface area contributed by atoms with Gasteiger partial charge in [-0.3, -0.25) is 4.68 Å². The first-order valence-corrected chi connectivity index (χ1v) is 6.78. The molecule has 0 aliphatic carbocycles. The van der Waals surface area contributed by atoms with E-state index in [2.05, 4.69) is 41.0 Å². The fourth-order valence-corrected chi connectivity index (χ4v) is 2.88. The molecule has 0 fully saturated rings. The Labute approximate surface area is 106 Å². The van der Waals surface area contributed by atoms with Gasteiger partial charge in [-0.2, -0.15) is 5.10 Å². The van der Waals surface area contributed by atoms with E-state index < -0.39 is 0 Å². The summed E-state index contributed by atoms with van der Waals surface area (Å²) in [6.07, 6.45) is 4.35. The van der Waals surface area contributed by atoms with Gasteiger partial charge in [0.15, 0.2) is 0 Å². The molecular weight excluding hydrogens is 230 g/mol. The van der Waals surface area contributed by atoms with E-state index in [-0.39, 0.29) is 0 Å². The predicted molar refractivity (Wildman–Crippen MR) is 72.4 cm³/mol. The van der Waals surface area contributed by atoms with Gasteiger partial charge in [-0.1, -0.05) is 6.07 Å². The summed E-state index contributed by atoms with van der Waals surface area (Å²) in [6.45, 7) is 2.07. The zero-order valence-electron chi connectivity index (χ0n) is 10.6. The van der Waals surface area contributed by atoms with Gasteiger partial charge in [-0.05, 0) is 38.3 Å². The maximum Gasteiger partial charge on any atom is 0.0641 e. The van der Waals surface area contributed by atoms with Gasteiger partial charge in [0.05, 0.1) is 5.69 Å². The summed E-state index contributed by atoms with van der Waals surface area (Å²) >= 11 is 1.83. The van der Waals surface area contributed by atoms with Crippen LogP contribution in [0.1, 0.15) is 28.6 Å². The van der Waals surface area contributed by atoms with E-state index in [1.165, 1.54) is 10.4 Å². The first-order valence-electron chi connectivity index (χ1n) is 5.90.